The van der Waals surface area contributed by atoms with Gasteiger partial charge in [-0.15, -0.1) is 0 Å². The van der Waals surface area contributed by atoms with Crippen LogP contribution in [-0.2, 0) is 4.79 Å². The highest BCUT2D eigenvalue weighted by atomic mass is 79.9. The fraction of sp³-hybridized carbons (Fsp3) is 0.188. The summed E-state index contributed by atoms with van der Waals surface area (Å²) in [6, 6.07) is 14.0. The number of halogens is 1. The molecule has 2 aromatic carbocycles. The van der Waals surface area contributed by atoms with E-state index in [4.69, 9.17) is 0 Å². The summed E-state index contributed by atoms with van der Waals surface area (Å²) in [5, 5.41) is 0. The van der Waals surface area contributed by atoms with Crippen LogP contribution >= 0.6 is 15.9 Å². The second-order valence-electron chi connectivity index (χ2n) is 4.44. The van der Waals surface area contributed by atoms with Crippen molar-refractivity contribution in [2.24, 2.45) is 0 Å². The normalized spacial score (nSPS) is 12.2. The Labute approximate surface area is 116 Å². The molecular formula is C16H15BrO. The first kappa shape index (κ1) is 13.0. The van der Waals surface area contributed by atoms with Crippen LogP contribution in [0.15, 0.2) is 46.9 Å². The smallest absolute Gasteiger partial charge is 0.131 e. The number of hydrogen-bond donors (Lipinski definition) is 0. The molecule has 0 spiro atoms. The molecule has 0 fully saturated rings. The van der Waals surface area contributed by atoms with Gasteiger partial charge in [0.1, 0.15) is 6.29 Å². The van der Waals surface area contributed by atoms with Gasteiger partial charge in [-0.05, 0) is 42.2 Å². The van der Waals surface area contributed by atoms with Gasteiger partial charge in [0.05, 0.1) is 5.92 Å². The fourth-order valence-corrected chi connectivity index (χ4v) is 2.87. The van der Waals surface area contributed by atoms with Crippen molar-refractivity contribution in [2.75, 3.05) is 0 Å². The van der Waals surface area contributed by atoms with Crippen molar-refractivity contribution >= 4 is 22.2 Å². The first-order valence-corrected chi connectivity index (χ1v) is 6.70. The number of aldehydes is 1. The molecule has 0 amide bonds. The van der Waals surface area contributed by atoms with Crippen LogP contribution in [0.2, 0.25) is 0 Å². The molecule has 0 saturated carbocycles. The van der Waals surface area contributed by atoms with Gasteiger partial charge in [-0.1, -0.05) is 52.3 Å². The molecule has 0 radical (unpaired) electrons. The molecule has 0 aromatic heterocycles. The Morgan fingerprint density at radius 1 is 1.00 bits per heavy atom. The van der Waals surface area contributed by atoms with Crippen molar-refractivity contribution in [3.63, 3.8) is 0 Å². The van der Waals surface area contributed by atoms with Crippen molar-refractivity contribution in [3.05, 3.63) is 69.2 Å². The lowest BCUT2D eigenvalue weighted by molar-refractivity contribution is -0.108. The maximum absolute atomic E-state index is 11.5. The van der Waals surface area contributed by atoms with Crippen molar-refractivity contribution in [2.45, 2.75) is 19.8 Å². The van der Waals surface area contributed by atoms with Gasteiger partial charge in [0.2, 0.25) is 0 Å². The lowest BCUT2D eigenvalue weighted by Crippen LogP contribution is -2.07. The quantitative estimate of drug-likeness (QED) is 0.768. The summed E-state index contributed by atoms with van der Waals surface area (Å²) in [5.74, 6) is -0.207. The standard InChI is InChI=1S/C16H15BrO/c1-11-6-5-7-12(2)16(11)14(10-18)13-8-3-4-9-15(13)17/h3-10,14H,1-2H3. The van der Waals surface area contributed by atoms with E-state index in [0.29, 0.717) is 0 Å². The van der Waals surface area contributed by atoms with E-state index < -0.39 is 0 Å². The van der Waals surface area contributed by atoms with Gasteiger partial charge in [-0.25, -0.2) is 0 Å². The molecule has 0 aliphatic carbocycles. The van der Waals surface area contributed by atoms with E-state index in [9.17, 15) is 4.79 Å². The van der Waals surface area contributed by atoms with E-state index in [1.807, 2.05) is 30.3 Å². The number of hydrogen-bond acceptors (Lipinski definition) is 1. The molecule has 92 valence electrons. The van der Waals surface area contributed by atoms with E-state index in [-0.39, 0.29) is 5.92 Å². The Kier molecular flexibility index (Phi) is 3.97. The first-order valence-electron chi connectivity index (χ1n) is 5.91. The zero-order valence-corrected chi connectivity index (χ0v) is 12.1. The highest BCUT2D eigenvalue weighted by molar-refractivity contribution is 9.10. The van der Waals surface area contributed by atoms with Crippen molar-refractivity contribution in [1.82, 2.24) is 0 Å². The third-order valence-electron chi connectivity index (χ3n) is 3.23. The molecule has 2 aromatic rings. The number of aryl methyl sites for hydroxylation is 2. The molecule has 0 saturated heterocycles. The Morgan fingerprint density at radius 3 is 2.17 bits per heavy atom. The van der Waals surface area contributed by atoms with Crippen LogP contribution in [0.5, 0.6) is 0 Å². The maximum Gasteiger partial charge on any atom is 0.131 e. The molecule has 2 rings (SSSR count). The third kappa shape index (κ3) is 2.39. The largest absolute Gasteiger partial charge is 0.302 e. The minimum atomic E-state index is -0.207. The third-order valence-corrected chi connectivity index (χ3v) is 3.95. The molecule has 1 nitrogen and oxygen atoms in total. The molecule has 2 heteroatoms. The molecule has 0 aliphatic rings. The summed E-state index contributed by atoms with van der Waals surface area (Å²) < 4.78 is 0.977. The molecule has 1 atom stereocenters. The molecule has 18 heavy (non-hydrogen) atoms. The minimum absolute atomic E-state index is 0.207. The fourth-order valence-electron chi connectivity index (χ4n) is 2.34. The summed E-state index contributed by atoms with van der Waals surface area (Å²) in [6.45, 7) is 4.10. The van der Waals surface area contributed by atoms with Gasteiger partial charge in [-0.3, -0.25) is 0 Å². The summed E-state index contributed by atoms with van der Waals surface area (Å²) >= 11 is 3.53. The lowest BCUT2D eigenvalue weighted by atomic mass is 9.87. The lowest BCUT2D eigenvalue weighted by Gasteiger charge is -2.18. The zero-order chi connectivity index (χ0) is 13.1. The van der Waals surface area contributed by atoms with Crippen LogP contribution in [0.4, 0.5) is 0 Å². The molecule has 0 aliphatic heterocycles. The first-order chi connectivity index (χ1) is 8.65. The number of carbonyl (C=O) groups is 1. The highest BCUT2D eigenvalue weighted by Gasteiger charge is 2.19. The minimum Gasteiger partial charge on any atom is -0.302 e. The van der Waals surface area contributed by atoms with Crippen molar-refractivity contribution in [1.29, 1.82) is 0 Å². The van der Waals surface area contributed by atoms with Crippen molar-refractivity contribution < 1.29 is 4.79 Å². The van der Waals surface area contributed by atoms with Crippen LogP contribution in [0.3, 0.4) is 0 Å². The molecular weight excluding hydrogens is 288 g/mol. The zero-order valence-electron chi connectivity index (χ0n) is 10.5. The average Bonchev–Trinajstić information content (AvgIpc) is 2.35. The summed E-state index contributed by atoms with van der Waals surface area (Å²) in [4.78, 5) is 11.5. The van der Waals surface area contributed by atoms with Gasteiger partial charge in [0.25, 0.3) is 0 Å². The summed E-state index contributed by atoms with van der Waals surface area (Å²) in [6.07, 6.45) is 1.02. The second kappa shape index (κ2) is 5.49. The van der Waals surface area contributed by atoms with E-state index in [1.54, 1.807) is 0 Å². The second-order valence-corrected chi connectivity index (χ2v) is 5.30. The highest BCUT2D eigenvalue weighted by Crippen LogP contribution is 2.32. The number of carbonyl (C=O) groups excluding carboxylic acids is 1. The SMILES string of the molecule is Cc1cccc(C)c1C(C=O)c1ccccc1Br. The predicted octanol–water partition coefficient (Wildman–Crippen LogP) is 4.40. The van der Waals surface area contributed by atoms with Crippen LogP contribution in [0, 0.1) is 13.8 Å². The van der Waals surface area contributed by atoms with E-state index in [2.05, 4.69) is 41.9 Å². The summed E-state index contributed by atoms with van der Waals surface area (Å²) in [5.41, 5.74) is 4.44. The topological polar surface area (TPSA) is 17.1 Å². The molecule has 0 N–H and O–H groups in total. The van der Waals surface area contributed by atoms with E-state index >= 15 is 0 Å². The predicted molar refractivity (Wildman–Crippen MR) is 78.0 cm³/mol. The Morgan fingerprint density at radius 2 is 1.61 bits per heavy atom. The monoisotopic (exact) mass is 302 g/mol. The summed E-state index contributed by atoms with van der Waals surface area (Å²) in [7, 11) is 0. The van der Waals surface area contributed by atoms with Crippen LogP contribution < -0.4 is 0 Å². The number of rotatable bonds is 3. The van der Waals surface area contributed by atoms with Crippen LogP contribution in [-0.4, -0.2) is 6.29 Å². The average molecular weight is 303 g/mol. The van der Waals surface area contributed by atoms with Crippen LogP contribution in [0.25, 0.3) is 0 Å². The molecule has 1 unspecified atom stereocenters. The Hall–Kier alpha value is -1.41. The van der Waals surface area contributed by atoms with Crippen molar-refractivity contribution in [3.8, 4) is 0 Å². The van der Waals surface area contributed by atoms with Gasteiger partial charge in [-0.2, -0.15) is 0 Å². The van der Waals surface area contributed by atoms with E-state index in [0.717, 1.165) is 33.0 Å². The van der Waals surface area contributed by atoms with Gasteiger partial charge in [0.15, 0.2) is 0 Å². The Balaban J connectivity index is 2.60. The van der Waals surface area contributed by atoms with Gasteiger partial charge >= 0.3 is 0 Å². The van der Waals surface area contributed by atoms with E-state index in [1.165, 1.54) is 0 Å². The van der Waals surface area contributed by atoms with Gasteiger partial charge in [0, 0.05) is 4.47 Å². The number of benzene rings is 2. The van der Waals surface area contributed by atoms with Gasteiger partial charge < -0.3 is 4.79 Å². The van der Waals surface area contributed by atoms with Crippen LogP contribution in [0.1, 0.15) is 28.2 Å². The molecule has 0 bridgehead atoms. The Bertz CT molecular complexity index is 555. The maximum atomic E-state index is 11.5. The molecule has 0 heterocycles.